The summed E-state index contributed by atoms with van der Waals surface area (Å²) in [6.07, 6.45) is -2.56. The van der Waals surface area contributed by atoms with Crippen LogP contribution in [0.15, 0.2) is 11.0 Å². The number of carbonyl (C=O) groups is 1. The van der Waals surface area contributed by atoms with E-state index >= 15 is 0 Å². The maximum Gasteiger partial charge on any atom is 0.269 e. The number of alkyl halides is 2. The van der Waals surface area contributed by atoms with Crippen LogP contribution in [0.1, 0.15) is 22.5 Å². The van der Waals surface area contributed by atoms with Crippen LogP contribution in [0.5, 0.6) is 0 Å². The minimum absolute atomic E-state index is 0.0440. The lowest BCUT2D eigenvalue weighted by Crippen LogP contribution is -2.17. The number of nitrogens with one attached hydrogen (secondary N) is 1. The predicted octanol–water partition coefficient (Wildman–Crippen LogP) is 1.26. The minimum Gasteiger partial charge on any atom is -0.356 e. The van der Waals surface area contributed by atoms with Gasteiger partial charge in [0, 0.05) is 6.20 Å². The van der Waals surface area contributed by atoms with Crippen molar-refractivity contribution in [3.05, 3.63) is 33.5 Å². The van der Waals surface area contributed by atoms with Gasteiger partial charge < -0.3 is 4.98 Å². The lowest BCUT2D eigenvalue weighted by molar-refractivity contribution is 0.110. The molecule has 0 aliphatic carbocycles. The molecule has 3 nitrogen and oxygen atoms in total. The van der Waals surface area contributed by atoms with Crippen LogP contribution in [0.2, 0.25) is 0 Å². The first kappa shape index (κ1) is 9.50. The van der Waals surface area contributed by atoms with Crippen LogP contribution in [0.25, 0.3) is 0 Å². The van der Waals surface area contributed by atoms with Crippen molar-refractivity contribution in [3.63, 3.8) is 0 Å². The van der Waals surface area contributed by atoms with Crippen molar-refractivity contribution in [2.45, 2.75) is 6.43 Å². The summed E-state index contributed by atoms with van der Waals surface area (Å²) in [6, 6.07) is 0. The highest BCUT2D eigenvalue weighted by Gasteiger charge is 2.19. The Morgan fingerprint density at radius 3 is 2.54 bits per heavy atom. The van der Waals surface area contributed by atoms with Crippen molar-refractivity contribution in [1.29, 1.82) is 0 Å². The zero-order chi connectivity index (χ0) is 10.0. The fraction of sp³-hybridized carbons (Fsp3) is 0.143. The Morgan fingerprint density at radius 2 is 2.08 bits per heavy atom. The van der Waals surface area contributed by atoms with E-state index in [0.717, 1.165) is 0 Å². The topological polar surface area (TPSA) is 49.9 Å². The van der Waals surface area contributed by atoms with Gasteiger partial charge in [-0.25, -0.2) is 13.2 Å². The molecule has 0 aromatic carbocycles. The highest BCUT2D eigenvalue weighted by atomic mass is 19.3. The van der Waals surface area contributed by atoms with Gasteiger partial charge in [0.15, 0.2) is 12.1 Å². The number of aldehydes is 1. The van der Waals surface area contributed by atoms with E-state index in [1.54, 1.807) is 0 Å². The van der Waals surface area contributed by atoms with E-state index in [9.17, 15) is 22.8 Å². The molecule has 1 aromatic heterocycles. The van der Waals surface area contributed by atoms with Crippen LogP contribution in [-0.4, -0.2) is 11.3 Å². The summed E-state index contributed by atoms with van der Waals surface area (Å²) >= 11 is 0. The maximum atomic E-state index is 12.5. The van der Waals surface area contributed by atoms with E-state index in [1.165, 1.54) is 0 Å². The summed E-state index contributed by atoms with van der Waals surface area (Å²) in [7, 11) is 0. The van der Waals surface area contributed by atoms with Gasteiger partial charge in [-0.1, -0.05) is 0 Å². The van der Waals surface area contributed by atoms with Gasteiger partial charge in [-0.15, -0.1) is 0 Å². The molecule has 0 aliphatic rings. The smallest absolute Gasteiger partial charge is 0.269 e. The Labute approximate surface area is 70.2 Å². The number of pyridine rings is 1. The molecule has 0 bridgehead atoms. The molecule has 0 atom stereocenters. The zero-order valence-electron chi connectivity index (χ0n) is 6.18. The van der Waals surface area contributed by atoms with Gasteiger partial charge in [-0.2, -0.15) is 0 Å². The van der Waals surface area contributed by atoms with Crippen molar-refractivity contribution >= 4 is 6.29 Å². The monoisotopic (exact) mass is 191 g/mol. The van der Waals surface area contributed by atoms with Gasteiger partial charge in [0.25, 0.3) is 6.43 Å². The van der Waals surface area contributed by atoms with E-state index in [-0.39, 0.29) is 6.29 Å². The average molecular weight is 191 g/mol. The summed E-state index contributed by atoms with van der Waals surface area (Å²) in [4.78, 5) is 22.9. The van der Waals surface area contributed by atoms with E-state index in [2.05, 4.69) is 0 Å². The number of rotatable bonds is 2. The molecule has 0 amide bonds. The Balaban J connectivity index is 3.50. The van der Waals surface area contributed by atoms with E-state index in [4.69, 9.17) is 0 Å². The lowest BCUT2D eigenvalue weighted by Gasteiger charge is -2.01. The first-order chi connectivity index (χ1) is 6.07. The SMILES string of the molecule is O=Cc1[nH]cc(F)c(=O)c1C(F)F. The Hall–Kier alpha value is -1.59. The molecule has 13 heavy (non-hydrogen) atoms. The highest BCUT2D eigenvalue weighted by molar-refractivity contribution is 5.74. The zero-order valence-corrected chi connectivity index (χ0v) is 6.18. The Bertz CT molecular complexity index is 386. The highest BCUT2D eigenvalue weighted by Crippen LogP contribution is 2.16. The number of hydrogen-bond acceptors (Lipinski definition) is 2. The van der Waals surface area contributed by atoms with Gasteiger partial charge in [0.1, 0.15) is 0 Å². The summed E-state index contributed by atoms with van der Waals surface area (Å²) in [6.45, 7) is 0. The first-order valence-corrected chi connectivity index (χ1v) is 3.22. The van der Waals surface area contributed by atoms with Gasteiger partial charge >= 0.3 is 0 Å². The summed E-state index contributed by atoms with van der Waals surface area (Å²) in [5.74, 6) is -1.33. The molecule has 1 rings (SSSR count). The van der Waals surface area contributed by atoms with Crippen LogP contribution >= 0.6 is 0 Å². The molecular weight excluding hydrogens is 187 g/mol. The molecule has 1 N–H and O–H groups in total. The fourth-order valence-electron chi connectivity index (χ4n) is 0.850. The van der Waals surface area contributed by atoms with Crippen molar-refractivity contribution < 1.29 is 18.0 Å². The number of carbonyl (C=O) groups excluding carboxylic acids is 1. The molecule has 0 radical (unpaired) electrons. The molecule has 0 saturated heterocycles. The van der Waals surface area contributed by atoms with Gasteiger partial charge in [0.05, 0.1) is 11.3 Å². The fourth-order valence-corrected chi connectivity index (χ4v) is 0.850. The van der Waals surface area contributed by atoms with Gasteiger partial charge in [-0.05, 0) is 0 Å². The number of aromatic nitrogens is 1. The summed E-state index contributed by atoms with van der Waals surface area (Å²) in [5, 5.41) is 0. The summed E-state index contributed by atoms with van der Waals surface area (Å²) < 4.78 is 36.7. The van der Waals surface area contributed by atoms with Crippen molar-refractivity contribution in [1.82, 2.24) is 4.98 Å². The van der Waals surface area contributed by atoms with Gasteiger partial charge in [0.2, 0.25) is 5.43 Å². The number of hydrogen-bond donors (Lipinski definition) is 1. The molecule has 70 valence electrons. The molecule has 1 aromatic rings. The standard InChI is InChI=1S/C7H4F3NO2/c8-3-1-11-4(2-12)5(6(3)13)7(9)10/h1-2,7H,(H,11,13). The second kappa shape index (κ2) is 3.42. The summed E-state index contributed by atoms with van der Waals surface area (Å²) in [5.41, 5.74) is -3.17. The number of H-pyrrole nitrogens is 1. The van der Waals surface area contributed by atoms with Crippen LogP contribution in [-0.2, 0) is 0 Å². The number of halogens is 3. The maximum absolute atomic E-state index is 12.5. The third-order valence-electron chi connectivity index (χ3n) is 1.44. The van der Waals surface area contributed by atoms with Crippen molar-refractivity contribution in [2.75, 3.05) is 0 Å². The largest absolute Gasteiger partial charge is 0.356 e. The number of aromatic amines is 1. The lowest BCUT2D eigenvalue weighted by atomic mass is 10.2. The molecule has 0 saturated carbocycles. The third-order valence-corrected chi connectivity index (χ3v) is 1.44. The normalized spacial score (nSPS) is 10.5. The molecule has 0 fully saturated rings. The Kier molecular flexibility index (Phi) is 2.50. The molecular formula is C7H4F3NO2. The van der Waals surface area contributed by atoms with Crippen LogP contribution in [0.3, 0.4) is 0 Å². The first-order valence-electron chi connectivity index (χ1n) is 3.22. The van der Waals surface area contributed by atoms with Gasteiger partial charge in [-0.3, -0.25) is 9.59 Å². The molecule has 0 unspecified atom stereocenters. The molecule has 0 aliphatic heterocycles. The second-order valence-electron chi connectivity index (χ2n) is 2.21. The minimum atomic E-state index is -3.17. The van der Waals surface area contributed by atoms with Crippen LogP contribution in [0.4, 0.5) is 13.2 Å². The van der Waals surface area contributed by atoms with Crippen LogP contribution in [0, 0.1) is 5.82 Å². The van der Waals surface area contributed by atoms with E-state index in [1.807, 2.05) is 4.98 Å². The van der Waals surface area contributed by atoms with Crippen molar-refractivity contribution in [3.8, 4) is 0 Å². The molecule has 6 heteroatoms. The average Bonchev–Trinajstić information content (AvgIpc) is 2.08. The van der Waals surface area contributed by atoms with Crippen molar-refractivity contribution in [2.24, 2.45) is 0 Å². The third kappa shape index (κ3) is 1.61. The second-order valence-corrected chi connectivity index (χ2v) is 2.21. The molecule has 1 heterocycles. The van der Waals surface area contributed by atoms with E-state index < -0.39 is 28.9 Å². The van der Waals surface area contributed by atoms with Crippen LogP contribution < -0.4 is 5.43 Å². The Morgan fingerprint density at radius 1 is 1.46 bits per heavy atom. The quantitative estimate of drug-likeness (QED) is 0.715. The molecule has 0 spiro atoms. The predicted molar refractivity (Wildman–Crippen MR) is 37.4 cm³/mol. The van der Waals surface area contributed by atoms with E-state index in [0.29, 0.717) is 6.20 Å².